The van der Waals surface area contributed by atoms with Gasteiger partial charge >= 0.3 is 0 Å². The molecule has 0 atom stereocenters. The van der Waals surface area contributed by atoms with Crippen LogP contribution < -0.4 is 5.32 Å². The van der Waals surface area contributed by atoms with Crippen molar-refractivity contribution in [3.8, 4) is 0 Å². The van der Waals surface area contributed by atoms with Gasteiger partial charge in [-0.05, 0) is 31.4 Å². The molecule has 2 heterocycles. The number of aryl methyl sites for hydroxylation is 1. The number of nitrogens with one attached hydrogen (secondary N) is 2. The summed E-state index contributed by atoms with van der Waals surface area (Å²) in [6.07, 6.45) is 3.98. The lowest BCUT2D eigenvalue weighted by molar-refractivity contribution is -0.126. The van der Waals surface area contributed by atoms with E-state index in [1.54, 1.807) is 0 Å². The van der Waals surface area contributed by atoms with Crippen LogP contribution in [0.5, 0.6) is 0 Å². The second-order valence-corrected chi connectivity index (χ2v) is 8.51. The minimum atomic E-state index is -3.15. The summed E-state index contributed by atoms with van der Waals surface area (Å²) in [5, 5.41) is 2.96. The summed E-state index contributed by atoms with van der Waals surface area (Å²) >= 11 is 0. The van der Waals surface area contributed by atoms with Crippen molar-refractivity contribution >= 4 is 27.0 Å². The van der Waals surface area contributed by atoms with E-state index in [4.69, 9.17) is 0 Å². The number of fused-ring (bicyclic) bond motifs is 1. The average Bonchev–Trinajstić information content (AvgIpc) is 3.00. The second-order valence-electron chi connectivity index (χ2n) is 6.53. The monoisotopic (exact) mass is 364 g/mol. The van der Waals surface area contributed by atoms with Gasteiger partial charge in [0.1, 0.15) is 5.82 Å². The third kappa shape index (κ3) is 4.58. The van der Waals surface area contributed by atoms with Gasteiger partial charge in [-0.25, -0.2) is 17.7 Å². The van der Waals surface area contributed by atoms with E-state index < -0.39 is 10.0 Å². The first-order valence-electron chi connectivity index (χ1n) is 8.60. The number of aromatic nitrogens is 2. The third-order valence-electron chi connectivity index (χ3n) is 4.62. The van der Waals surface area contributed by atoms with E-state index >= 15 is 0 Å². The van der Waals surface area contributed by atoms with Crippen molar-refractivity contribution in [2.45, 2.75) is 25.7 Å². The fourth-order valence-electron chi connectivity index (χ4n) is 3.19. The van der Waals surface area contributed by atoms with Gasteiger partial charge in [0, 0.05) is 32.0 Å². The van der Waals surface area contributed by atoms with Crippen molar-refractivity contribution in [2.75, 3.05) is 25.9 Å². The van der Waals surface area contributed by atoms with Crippen molar-refractivity contribution in [1.29, 1.82) is 0 Å². The Balaban J connectivity index is 1.39. The number of sulfonamides is 1. The van der Waals surface area contributed by atoms with Gasteiger partial charge in [-0.3, -0.25) is 4.79 Å². The number of aromatic amines is 1. The molecule has 1 aromatic carbocycles. The molecule has 0 aliphatic carbocycles. The van der Waals surface area contributed by atoms with Crippen LogP contribution in [0.4, 0.5) is 0 Å². The van der Waals surface area contributed by atoms with Gasteiger partial charge in [0.2, 0.25) is 15.9 Å². The maximum absolute atomic E-state index is 12.2. The van der Waals surface area contributed by atoms with Crippen molar-refractivity contribution in [1.82, 2.24) is 19.6 Å². The molecule has 0 spiro atoms. The number of imidazole rings is 1. The molecule has 25 heavy (non-hydrogen) atoms. The highest BCUT2D eigenvalue weighted by molar-refractivity contribution is 7.88. The van der Waals surface area contributed by atoms with Gasteiger partial charge in [-0.15, -0.1) is 0 Å². The number of benzene rings is 1. The van der Waals surface area contributed by atoms with Gasteiger partial charge in [-0.2, -0.15) is 0 Å². The van der Waals surface area contributed by atoms with Gasteiger partial charge in [0.05, 0.1) is 17.3 Å². The van der Waals surface area contributed by atoms with Crippen molar-refractivity contribution in [3.63, 3.8) is 0 Å². The number of piperidine rings is 1. The lowest BCUT2D eigenvalue weighted by Crippen LogP contribution is -2.42. The molecule has 2 aromatic rings. The van der Waals surface area contributed by atoms with Crippen LogP contribution in [0.25, 0.3) is 11.0 Å². The molecular formula is C17H24N4O3S. The zero-order valence-corrected chi connectivity index (χ0v) is 15.2. The van der Waals surface area contributed by atoms with Crippen LogP contribution in [0.15, 0.2) is 24.3 Å². The molecule has 136 valence electrons. The van der Waals surface area contributed by atoms with Crippen LogP contribution in [0.1, 0.15) is 25.1 Å². The number of carbonyl (C=O) groups is 1. The Bertz CT molecular complexity index is 805. The fourth-order valence-corrected chi connectivity index (χ4v) is 4.06. The molecule has 8 heteroatoms. The number of H-pyrrole nitrogens is 1. The van der Waals surface area contributed by atoms with E-state index in [2.05, 4.69) is 15.3 Å². The number of amides is 1. The van der Waals surface area contributed by atoms with Gasteiger partial charge in [-0.1, -0.05) is 12.1 Å². The van der Waals surface area contributed by atoms with Crippen LogP contribution in [-0.4, -0.2) is 54.5 Å². The molecule has 0 bridgehead atoms. The Kier molecular flexibility index (Phi) is 5.39. The van der Waals surface area contributed by atoms with E-state index in [1.807, 2.05) is 24.3 Å². The molecule has 0 saturated carbocycles. The molecule has 2 N–H and O–H groups in total. The Labute approximate surface area is 147 Å². The molecule has 0 radical (unpaired) electrons. The molecule has 7 nitrogen and oxygen atoms in total. The minimum Gasteiger partial charge on any atom is -0.356 e. The van der Waals surface area contributed by atoms with Crippen molar-refractivity contribution < 1.29 is 13.2 Å². The molecule has 1 aliphatic heterocycles. The molecule has 0 unspecified atom stereocenters. The lowest BCUT2D eigenvalue weighted by Gasteiger charge is -2.29. The topological polar surface area (TPSA) is 95.2 Å². The number of hydrogen-bond acceptors (Lipinski definition) is 4. The van der Waals surface area contributed by atoms with Crippen LogP contribution in [0, 0.1) is 5.92 Å². The Morgan fingerprint density at radius 3 is 2.72 bits per heavy atom. The van der Waals surface area contributed by atoms with E-state index in [0.29, 0.717) is 32.5 Å². The highest BCUT2D eigenvalue weighted by atomic mass is 32.2. The van der Waals surface area contributed by atoms with Crippen LogP contribution in [0.2, 0.25) is 0 Å². The molecule has 1 amide bonds. The highest BCUT2D eigenvalue weighted by Gasteiger charge is 2.28. The summed E-state index contributed by atoms with van der Waals surface area (Å²) in [7, 11) is -3.15. The first-order chi connectivity index (χ1) is 11.9. The van der Waals surface area contributed by atoms with Gasteiger partial charge in [0.25, 0.3) is 0 Å². The number of para-hydroxylation sites is 2. The zero-order valence-electron chi connectivity index (χ0n) is 14.4. The quantitative estimate of drug-likeness (QED) is 0.755. The molecular weight excluding hydrogens is 340 g/mol. The summed E-state index contributed by atoms with van der Waals surface area (Å²) < 4.78 is 24.4. The smallest absolute Gasteiger partial charge is 0.223 e. The number of nitrogens with zero attached hydrogens (tertiary/aromatic N) is 2. The molecule has 3 rings (SSSR count). The van der Waals surface area contributed by atoms with E-state index in [9.17, 15) is 13.2 Å². The van der Waals surface area contributed by atoms with Crippen molar-refractivity contribution in [2.24, 2.45) is 5.92 Å². The predicted molar refractivity (Wildman–Crippen MR) is 96.6 cm³/mol. The summed E-state index contributed by atoms with van der Waals surface area (Å²) in [6, 6.07) is 7.90. The average molecular weight is 364 g/mol. The fraction of sp³-hybridized carbons (Fsp3) is 0.529. The summed E-state index contributed by atoms with van der Waals surface area (Å²) in [5.41, 5.74) is 1.98. The summed E-state index contributed by atoms with van der Waals surface area (Å²) in [6.45, 7) is 1.45. The van der Waals surface area contributed by atoms with E-state index in [0.717, 1.165) is 29.7 Å². The van der Waals surface area contributed by atoms with E-state index in [1.165, 1.54) is 10.6 Å². The largest absolute Gasteiger partial charge is 0.356 e. The maximum Gasteiger partial charge on any atom is 0.223 e. The number of hydrogen-bond donors (Lipinski definition) is 2. The zero-order chi connectivity index (χ0) is 17.9. The van der Waals surface area contributed by atoms with Gasteiger partial charge in [0.15, 0.2) is 0 Å². The molecule has 1 fully saturated rings. The van der Waals surface area contributed by atoms with Crippen LogP contribution in [-0.2, 0) is 21.2 Å². The summed E-state index contributed by atoms with van der Waals surface area (Å²) in [5.74, 6) is 0.860. The Morgan fingerprint density at radius 1 is 1.32 bits per heavy atom. The van der Waals surface area contributed by atoms with Crippen molar-refractivity contribution in [3.05, 3.63) is 30.1 Å². The SMILES string of the molecule is CS(=O)(=O)N1CCC(C(=O)NCCCc2nc3ccccc3[nH]2)CC1. The predicted octanol–water partition coefficient (Wildman–Crippen LogP) is 1.28. The normalized spacial score (nSPS) is 17.0. The van der Waals surface area contributed by atoms with E-state index in [-0.39, 0.29) is 11.8 Å². The van der Waals surface area contributed by atoms with Crippen LogP contribution in [0.3, 0.4) is 0 Å². The van der Waals surface area contributed by atoms with Gasteiger partial charge < -0.3 is 10.3 Å². The Morgan fingerprint density at radius 2 is 2.04 bits per heavy atom. The minimum absolute atomic E-state index is 0.0257. The third-order valence-corrected chi connectivity index (χ3v) is 5.92. The first kappa shape index (κ1) is 17.9. The summed E-state index contributed by atoms with van der Waals surface area (Å²) in [4.78, 5) is 20.0. The Hall–Kier alpha value is -1.93. The second kappa shape index (κ2) is 7.53. The standard InChI is InChI=1S/C17H24N4O3S/c1-25(23,24)21-11-8-13(9-12-21)17(22)18-10-4-7-16-19-14-5-2-3-6-15(14)20-16/h2-3,5-6,13H,4,7-12H2,1H3,(H,18,22)(H,19,20). The lowest BCUT2D eigenvalue weighted by atomic mass is 9.97. The number of rotatable bonds is 6. The highest BCUT2D eigenvalue weighted by Crippen LogP contribution is 2.19. The molecule has 1 aliphatic rings. The maximum atomic E-state index is 12.2. The first-order valence-corrected chi connectivity index (χ1v) is 10.4. The van der Waals surface area contributed by atoms with Crippen LogP contribution >= 0.6 is 0 Å². The molecule has 1 saturated heterocycles. The molecule has 1 aromatic heterocycles. The number of carbonyl (C=O) groups excluding carboxylic acids is 1.